The van der Waals surface area contributed by atoms with Crippen molar-refractivity contribution in [1.82, 2.24) is 4.98 Å². The Kier molecular flexibility index (Phi) is 3.04. The maximum absolute atomic E-state index is 5.77. The molecule has 0 atom stereocenters. The number of rotatable bonds is 4. The summed E-state index contributed by atoms with van der Waals surface area (Å²) < 4.78 is 6.93. The molecule has 2 heterocycles. The molecule has 1 saturated carbocycles. The molecule has 3 aromatic rings. The number of hydrogen-bond donors (Lipinski definition) is 1. The van der Waals surface area contributed by atoms with Gasteiger partial charge in [0.05, 0.1) is 3.79 Å². The highest BCUT2D eigenvalue weighted by Crippen LogP contribution is 2.40. The smallest absolute Gasteiger partial charge is 0.198 e. The van der Waals surface area contributed by atoms with Crippen LogP contribution in [0.1, 0.15) is 30.2 Å². The quantitative estimate of drug-likeness (QED) is 0.709. The summed E-state index contributed by atoms with van der Waals surface area (Å²) in [6.45, 7) is 0.820. The van der Waals surface area contributed by atoms with Crippen LogP contribution in [0.3, 0.4) is 0 Å². The Morgan fingerprint density at radius 3 is 3.00 bits per heavy atom. The lowest BCUT2D eigenvalue weighted by atomic mass is 10.2. The Morgan fingerprint density at radius 1 is 1.35 bits per heavy atom. The molecular formula is C15H13BrN2OS. The van der Waals surface area contributed by atoms with Crippen molar-refractivity contribution < 1.29 is 4.42 Å². The van der Waals surface area contributed by atoms with Crippen molar-refractivity contribution in [2.45, 2.75) is 25.3 Å². The van der Waals surface area contributed by atoms with Crippen LogP contribution < -0.4 is 5.32 Å². The number of thiophene rings is 1. The van der Waals surface area contributed by atoms with Gasteiger partial charge in [-0.05, 0) is 64.0 Å². The summed E-state index contributed by atoms with van der Waals surface area (Å²) in [6.07, 6.45) is 2.43. The van der Waals surface area contributed by atoms with Crippen molar-refractivity contribution in [3.05, 3.63) is 44.9 Å². The Morgan fingerprint density at radius 2 is 2.25 bits per heavy atom. The summed E-state index contributed by atoms with van der Waals surface area (Å²) in [4.78, 5) is 4.58. The average Bonchev–Trinajstić information content (AvgIpc) is 3.08. The lowest BCUT2D eigenvalue weighted by molar-refractivity contribution is 0.533. The topological polar surface area (TPSA) is 38.1 Å². The summed E-state index contributed by atoms with van der Waals surface area (Å²) >= 11 is 5.19. The molecule has 0 saturated heterocycles. The highest BCUT2D eigenvalue weighted by molar-refractivity contribution is 9.11. The fourth-order valence-corrected chi connectivity index (χ4v) is 3.41. The molecule has 1 aliphatic carbocycles. The van der Waals surface area contributed by atoms with Crippen LogP contribution in [-0.4, -0.2) is 4.98 Å². The minimum Gasteiger partial charge on any atom is -0.440 e. The number of anilines is 1. The first-order valence-electron chi connectivity index (χ1n) is 6.65. The van der Waals surface area contributed by atoms with Gasteiger partial charge >= 0.3 is 0 Å². The van der Waals surface area contributed by atoms with Crippen LogP contribution in [0.2, 0.25) is 0 Å². The van der Waals surface area contributed by atoms with Crippen LogP contribution in [0.5, 0.6) is 0 Å². The van der Waals surface area contributed by atoms with Gasteiger partial charge in [0.2, 0.25) is 0 Å². The predicted octanol–water partition coefficient (Wildman–Crippen LogP) is 5.14. The van der Waals surface area contributed by atoms with Crippen molar-refractivity contribution in [1.29, 1.82) is 0 Å². The second-order valence-electron chi connectivity index (χ2n) is 5.12. The van der Waals surface area contributed by atoms with Crippen LogP contribution in [0, 0.1) is 0 Å². The van der Waals surface area contributed by atoms with E-state index < -0.39 is 0 Å². The molecule has 20 heavy (non-hydrogen) atoms. The van der Waals surface area contributed by atoms with Crippen LogP contribution in [0.25, 0.3) is 11.1 Å². The van der Waals surface area contributed by atoms with E-state index in [1.807, 2.05) is 12.1 Å². The molecule has 1 N–H and O–H groups in total. The number of hydrogen-bond acceptors (Lipinski definition) is 4. The van der Waals surface area contributed by atoms with Crippen molar-refractivity contribution in [3.63, 3.8) is 0 Å². The van der Waals surface area contributed by atoms with E-state index in [1.165, 1.54) is 18.4 Å². The SMILES string of the molecule is Brc1cc(CNc2ccc3oc(C4CC4)nc3c2)cs1. The highest BCUT2D eigenvalue weighted by Gasteiger charge is 2.28. The zero-order valence-corrected chi connectivity index (χ0v) is 13.1. The predicted molar refractivity (Wildman–Crippen MR) is 85.3 cm³/mol. The van der Waals surface area contributed by atoms with Gasteiger partial charge in [-0.15, -0.1) is 11.3 Å². The van der Waals surface area contributed by atoms with E-state index in [9.17, 15) is 0 Å². The number of fused-ring (bicyclic) bond motifs is 1. The second kappa shape index (κ2) is 4.90. The number of nitrogens with zero attached hydrogens (tertiary/aromatic N) is 1. The number of halogens is 1. The van der Waals surface area contributed by atoms with E-state index in [0.717, 1.165) is 33.0 Å². The highest BCUT2D eigenvalue weighted by atomic mass is 79.9. The summed E-state index contributed by atoms with van der Waals surface area (Å²) in [6, 6.07) is 8.25. The molecule has 102 valence electrons. The first-order chi connectivity index (χ1) is 9.78. The van der Waals surface area contributed by atoms with Crippen molar-refractivity contribution in [2.24, 2.45) is 0 Å². The monoisotopic (exact) mass is 348 g/mol. The molecule has 4 rings (SSSR count). The molecule has 0 unspecified atom stereocenters. The number of aromatic nitrogens is 1. The maximum Gasteiger partial charge on any atom is 0.198 e. The van der Waals surface area contributed by atoms with Gasteiger partial charge in [-0.3, -0.25) is 0 Å². The molecule has 0 radical (unpaired) electrons. The fourth-order valence-electron chi connectivity index (χ4n) is 2.20. The molecule has 0 bridgehead atoms. The lowest BCUT2D eigenvalue weighted by Crippen LogP contribution is -1.97. The number of oxazole rings is 1. The van der Waals surface area contributed by atoms with E-state index in [1.54, 1.807) is 11.3 Å². The third-order valence-electron chi connectivity index (χ3n) is 3.45. The summed E-state index contributed by atoms with van der Waals surface area (Å²) in [5.74, 6) is 1.46. The lowest BCUT2D eigenvalue weighted by Gasteiger charge is -2.04. The van der Waals surface area contributed by atoms with Gasteiger partial charge in [0.15, 0.2) is 11.5 Å². The molecule has 3 nitrogen and oxygen atoms in total. The van der Waals surface area contributed by atoms with E-state index in [2.05, 4.69) is 43.7 Å². The van der Waals surface area contributed by atoms with Crippen LogP contribution in [0.4, 0.5) is 5.69 Å². The van der Waals surface area contributed by atoms with Crippen LogP contribution in [-0.2, 0) is 6.54 Å². The van der Waals surface area contributed by atoms with E-state index in [-0.39, 0.29) is 0 Å². The minimum absolute atomic E-state index is 0.557. The van der Waals surface area contributed by atoms with Crippen LogP contribution in [0.15, 0.2) is 37.8 Å². The molecule has 5 heteroatoms. The van der Waals surface area contributed by atoms with E-state index >= 15 is 0 Å². The zero-order valence-electron chi connectivity index (χ0n) is 10.7. The summed E-state index contributed by atoms with van der Waals surface area (Å²) in [5, 5.41) is 5.57. The van der Waals surface area contributed by atoms with Crippen LogP contribution >= 0.6 is 27.3 Å². The zero-order chi connectivity index (χ0) is 13.5. The number of benzene rings is 1. The molecule has 1 fully saturated rings. The van der Waals surface area contributed by atoms with Gasteiger partial charge in [0.25, 0.3) is 0 Å². The van der Waals surface area contributed by atoms with Crippen molar-refractivity contribution >= 4 is 44.1 Å². The van der Waals surface area contributed by atoms with Gasteiger partial charge in [-0.1, -0.05) is 0 Å². The van der Waals surface area contributed by atoms with Gasteiger partial charge in [0.1, 0.15) is 5.52 Å². The van der Waals surface area contributed by atoms with Gasteiger partial charge in [0, 0.05) is 18.2 Å². The van der Waals surface area contributed by atoms with Gasteiger partial charge < -0.3 is 9.73 Å². The Bertz CT molecular complexity index is 760. The second-order valence-corrected chi connectivity index (χ2v) is 7.41. The standard InChI is InChI=1S/C15H13BrN2OS/c16-14-5-9(8-20-14)7-17-11-3-4-13-12(6-11)18-15(19-13)10-1-2-10/h3-6,8,10,17H,1-2,7H2. The molecule has 2 aromatic heterocycles. The molecule has 0 amide bonds. The number of nitrogens with one attached hydrogen (secondary N) is 1. The Balaban J connectivity index is 1.54. The minimum atomic E-state index is 0.557. The normalized spacial score (nSPS) is 14.8. The van der Waals surface area contributed by atoms with E-state index in [4.69, 9.17) is 4.42 Å². The third kappa shape index (κ3) is 2.47. The average molecular weight is 349 g/mol. The van der Waals surface area contributed by atoms with E-state index in [0.29, 0.717) is 5.92 Å². The van der Waals surface area contributed by atoms with Gasteiger partial charge in [-0.25, -0.2) is 4.98 Å². The summed E-state index contributed by atoms with van der Waals surface area (Å²) in [5.41, 5.74) is 4.19. The largest absolute Gasteiger partial charge is 0.440 e. The Hall–Kier alpha value is -1.33. The van der Waals surface area contributed by atoms with Gasteiger partial charge in [-0.2, -0.15) is 0 Å². The molecule has 0 spiro atoms. The molecular weight excluding hydrogens is 336 g/mol. The molecule has 1 aliphatic rings. The summed E-state index contributed by atoms with van der Waals surface area (Å²) in [7, 11) is 0. The molecule has 1 aromatic carbocycles. The fraction of sp³-hybridized carbons (Fsp3) is 0.267. The first-order valence-corrected chi connectivity index (χ1v) is 8.32. The molecule has 0 aliphatic heterocycles. The maximum atomic E-state index is 5.77. The van der Waals surface area contributed by atoms with Crippen molar-refractivity contribution in [3.8, 4) is 0 Å². The third-order valence-corrected chi connectivity index (χ3v) is 5.00. The van der Waals surface area contributed by atoms with Crippen molar-refractivity contribution in [2.75, 3.05) is 5.32 Å². The first kappa shape index (κ1) is 12.4. The Labute approximate surface area is 129 Å².